The maximum atomic E-state index is 13.4. The molecule has 7 heteroatoms. The SMILES string of the molecule is CSc1ccc2c(c1)N(C(=O)CSC(=S)N1CCCC(C)C1)c1ccccc1S2. The molecular weight excluding hydrogens is 437 g/mol. The summed E-state index contributed by atoms with van der Waals surface area (Å²) in [5.74, 6) is 1.10. The molecule has 0 spiro atoms. The molecule has 0 aromatic heterocycles. The molecule has 29 heavy (non-hydrogen) atoms. The molecule has 1 saturated heterocycles. The molecule has 1 amide bonds. The van der Waals surface area contributed by atoms with E-state index in [-0.39, 0.29) is 5.91 Å². The van der Waals surface area contributed by atoms with Crippen molar-refractivity contribution in [3.63, 3.8) is 0 Å². The van der Waals surface area contributed by atoms with Gasteiger partial charge in [0.05, 0.1) is 17.1 Å². The first-order chi connectivity index (χ1) is 14.1. The van der Waals surface area contributed by atoms with Crippen molar-refractivity contribution in [1.82, 2.24) is 4.90 Å². The lowest BCUT2D eigenvalue weighted by molar-refractivity contribution is -0.115. The van der Waals surface area contributed by atoms with Gasteiger partial charge in [0.1, 0.15) is 4.32 Å². The highest BCUT2D eigenvalue weighted by atomic mass is 32.2. The van der Waals surface area contributed by atoms with Gasteiger partial charge in [-0.1, -0.05) is 54.8 Å². The molecule has 152 valence electrons. The number of hydrogen-bond acceptors (Lipinski definition) is 5. The summed E-state index contributed by atoms with van der Waals surface area (Å²) in [5, 5.41) is 0. The van der Waals surface area contributed by atoms with Crippen molar-refractivity contribution in [2.45, 2.75) is 34.5 Å². The fourth-order valence-electron chi connectivity index (χ4n) is 3.76. The van der Waals surface area contributed by atoms with Crippen LogP contribution in [0.3, 0.4) is 0 Å². The Morgan fingerprint density at radius 2 is 2.00 bits per heavy atom. The second-order valence-electron chi connectivity index (χ2n) is 7.38. The zero-order chi connectivity index (χ0) is 20.4. The fraction of sp³-hybridized carbons (Fsp3) is 0.364. The molecule has 0 N–H and O–H groups in total. The molecular formula is C22H24N2OS4. The van der Waals surface area contributed by atoms with Gasteiger partial charge in [-0.15, -0.1) is 11.8 Å². The number of piperidine rings is 1. The van der Waals surface area contributed by atoms with Crippen LogP contribution in [0, 0.1) is 5.92 Å². The number of amides is 1. The van der Waals surface area contributed by atoms with Crippen LogP contribution in [0.15, 0.2) is 57.2 Å². The van der Waals surface area contributed by atoms with Crippen LogP contribution in [0.1, 0.15) is 19.8 Å². The third-order valence-corrected chi connectivity index (χ3v) is 8.58. The molecule has 0 bridgehead atoms. The van der Waals surface area contributed by atoms with Crippen LogP contribution in [0.25, 0.3) is 0 Å². The summed E-state index contributed by atoms with van der Waals surface area (Å²) in [4.78, 5) is 20.9. The van der Waals surface area contributed by atoms with Gasteiger partial charge >= 0.3 is 0 Å². The van der Waals surface area contributed by atoms with Crippen molar-refractivity contribution in [1.29, 1.82) is 0 Å². The summed E-state index contributed by atoms with van der Waals surface area (Å²) in [6.07, 6.45) is 4.50. The van der Waals surface area contributed by atoms with Crippen LogP contribution in [-0.4, -0.2) is 40.2 Å². The van der Waals surface area contributed by atoms with E-state index < -0.39 is 0 Å². The minimum absolute atomic E-state index is 0.0784. The average Bonchev–Trinajstić information content (AvgIpc) is 2.75. The number of fused-ring (bicyclic) bond motifs is 2. The van der Waals surface area contributed by atoms with Gasteiger partial charge in [-0.3, -0.25) is 9.69 Å². The topological polar surface area (TPSA) is 23.6 Å². The molecule has 2 aliphatic rings. The number of nitrogens with zero attached hydrogens (tertiary/aromatic N) is 2. The van der Waals surface area contributed by atoms with Gasteiger partial charge < -0.3 is 4.90 Å². The van der Waals surface area contributed by atoms with Crippen LogP contribution < -0.4 is 4.90 Å². The van der Waals surface area contributed by atoms with Crippen LogP contribution in [-0.2, 0) is 4.79 Å². The van der Waals surface area contributed by atoms with E-state index in [0.717, 1.165) is 43.5 Å². The second-order valence-corrected chi connectivity index (χ2v) is 11.0. The van der Waals surface area contributed by atoms with Crippen molar-refractivity contribution in [3.05, 3.63) is 42.5 Å². The molecule has 0 aliphatic carbocycles. The summed E-state index contributed by atoms with van der Waals surface area (Å²) in [5.41, 5.74) is 1.94. The molecule has 2 aromatic carbocycles. The Morgan fingerprint density at radius 3 is 2.79 bits per heavy atom. The molecule has 2 heterocycles. The molecule has 2 aliphatic heterocycles. The van der Waals surface area contributed by atoms with E-state index in [1.54, 1.807) is 23.5 Å². The number of likely N-dealkylation sites (tertiary alicyclic amines) is 1. The number of para-hydroxylation sites is 1. The Labute approximate surface area is 191 Å². The molecule has 0 radical (unpaired) electrons. The van der Waals surface area contributed by atoms with Crippen LogP contribution in [0.5, 0.6) is 0 Å². The number of carbonyl (C=O) groups excluding carboxylic acids is 1. The molecule has 3 nitrogen and oxygen atoms in total. The van der Waals surface area contributed by atoms with E-state index in [9.17, 15) is 4.79 Å². The maximum absolute atomic E-state index is 13.4. The monoisotopic (exact) mass is 460 g/mol. The zero-order valence-corrected chi connectivity index (χ0v) is 19.9. The molecule has 1 atom stereocenters. The van der Waals surface area contributed by atoms with Gasteiger partial charge in [0.15, 0.2) is 0 Å². The van der Waals surface area contributed by atoms with E-state index in [2.05, 4.69) is 42.3 Å². The lowest BCUT2D eigenvalue weighted by Gasteiger charge is -2.33. The first-order valence-electron chi connectivity index (χ1n) is 9.76. The Balaban J connectivity index is 1.55. The summed E-state index contributed by atoms with van der Waals surface area (Å²) >= 11 is 10.6. The van der Waals surface area contributed by atoms with Gasteiger partial charge in [0, 0.05) is 27.8 Å². The van der Waals surface area contributed by atoms with E-state index in [1.165, 1.54) is 24.6 Å². The smallest absolute Gasteiger partial charge is 0.242 e. The first-order valence-corrected chi connectivity index (χ1v) is 13.2. The van der Waals surface area contributed by atoms with Crippen molar-refractivity contribution < 1.29 is 4.79 Å². The van der Waals surface area contributed by atoms with Crippen LogP contribution in [0.2, 0.25) is 0 Å². The first kappa shape index (κ1) is 21.1. The summed E-state index contributed by atoms with van der Waals surface area (Å²) in [7, 11) is 0. The number of thioether (sulfide) groups is 2. The van der Waals surface area contributed by atoms with E-state index in [1.807, 2.05) is 23.1 Å². The molecule has 0 saturated carbocycles. The number of rotatable bonds is 3. The predicted octanol–water partition coefficient (Wildman–Crippen LogP) is 6.29. The number of anilines is 2. The average molecular weight is 461 g/mol. The van der Waals surface area contributed by atoms with Gasteiger partial charge in [-0.25, -0.2) is 0 Å². The van der Waals surface area contributed by atoms with Crippen molar-refractivity contribution in [2.75, 3.05) is 30.0 Å². The third-order valence-electron chi connectivity index (χ3n) is 5.22. The van der Waals surface area contributed by atoms with E-state index >= 15 is 0 Å². The highest BCUT2D eigenvalue weighted by molar-refractivity contribution is 8.23. The summed E-state index contributed by atoms with van der Waals surface area (Å²) < 4.78 is 0.850. The van der Waals surface area contributed by atoms with E-state index in [0.29, 0.717) is 11.7 Å². The third kappa shape index (κ3) is 4.63. The lowest BCUT2D eigenvalue weighted by Crippen LogP contribution is -2.38. The van der Waals surface area contributed by atoms with Crippen LogP contribution in [0.4, 0.5) is 11.4 Å². The molecule has 1 unspecified atom stereocenters. The van der Waals surface area contributed by atoms with Crippen molar-refractivity contribution >= 4 is 69.1 Å². The second kappa shape index (κ2) is 9.33. The summed E-state index contributed by atoms with van der Waals surface area (Å²) in [6, 6.07) is 14.5. The standard InChI is InChI=1S/C22H24N2OS4/c1-15-6-5-11-23(13-15)22(26)28-14-21(25)24-17-7-3-4-8-19(17)29-20-10-9-16(27-2)12-18(20)24/h3-4,7-10,12,15H,5-6,11,13-14H2,1-2H3. The molecule has 1 fully saturated rings. The minimum atomic E-state index is 0.0784. The maximum Gasteiger partial charge on any atom is 0.242 e. The van der Waals surface area contributed by atoms with Gasteiger partial charge in [0.2, 0.25) is 5.91 Å². The predicted molar refractivity (Wildman–Crippen MR) is 131 cm³/mol. The Kier molecular flexibility index (Phi) is 6.79. The highest BCUT2D eigenvalue weighted by Crippen LogP contribution is 2.49. The Hall–Kier alpha value is -1.15. The number of carbonyl (C=O) groups is 1. The lowest BCUT2D eigenvalue weighted by atomic mass is 10.0. The highest BCUT2D eigenvalue weighted by Gasteiger charge is 2.29. The summed E-state index contributed by atoms with van der Waals surface area (Å²) in [6.45, 7) is 4.28. The van der Waals surface area contributed by atoms with Crippen molar-refractivity contribution in [3.8, 4) is 0 Å². The normalized spacial score (nSPS) is 18.2. The number of thiocarbonyl (C=S) groups is 1. The quantitative estimate of drug-likeness (QED) is 0.394. The molecule has 2 aromatic rings. The minimum Gasteiger partial charge on any atom is -0.357 e. The van der Waals surface area contributed by atoms with E-state index in [4.69, 9.17) is 12.2 Å². The number of benzene rings is 2. The largest absolute Gasteiger partial charge is 0.357 e. The van der Waals surface area contributed by atoms with Gasteiger partial charge in [-0.05, 0) is 55.3 Å². The van der Waals surface area contributed by atoms with Crippen LogP contribution >= 0.6 is 47.5 Å². The zero-order valence-electron chi connectivity index (χ0n) is 16.6. The van der Waals surface area contributed by atoms with Gasteiger partial charge in [-0.2, -0.15) is 0 Å². The number of hydrogen-bond donors (Lipinski definition) is 0. The van der Waals surface area contributed by atoms with Gasteiger partial charge in [0.25, 0.3) is 0 Å². The Morgan fingerprint density at radius 1 is 1.21 bits per heavy atom. The Bertz CT molecular complexity index is 933. The van der Waals surface area contributed by atoms with Crippen molar-refractivity contribution in [2.24, 2.45) is 5.92 Å². The molecule has 4 rings (SSSR count). The fourth-order valence-corrected chi connectivity index (χ4v) is 6.30.